The van der Waals surface area contributed by atoms with Gasteiger partial charge in [0.05, 0.1) is 14.2 Å². The summed E-state index contributed by atoms with van der Waals surface area (Å²) in [5.41, 5.74) is -2.55. The Kier molecular flexibility index (Phi) is 4.31. The molecule has 3 rings (SSSR count). The number of ketones is 2. The lowest BCUT2D eigenvalue weighted by molar-refractivity contribution is -0.0883. The predicted octanol–water partition coefficient (Wildman–Crippen LogP) is 4.10. The van der Waals surface area contributed by atoms with Crippen LogP contribution in [-0.2, 0) is 0 Å². The zero-order valence-electron chi connectivity index (χ0n) is 13.8. The molecule has 26 heavy (non-hydrogen) atoms. The summed E-state index contributed by atoms with van der Waals surface area (Å²) >= 11 is 0. The highest BCUT2D eigenvalue weighted by Gasteiger charge is 2.47. The van der Waals surface area contributed by atoms with Crippen LogP contribution in [0.15, 0.2) is 48.0 Å². The maximum atomic E-state index is 13.6. The molecule has 0 saturated heterocycles. The number of carbonyl (C=O) groups is 2. The maximum Gasteiger partial charge on any atom is 0.420 e. The zero-order valence-corrected chi connectivity index (χ0v) is 13.8. The van der Waals surface area contributed by atoms with E-state index in [0.717, 1.165) is 0 Å². The van der Waals surface area contributed by atoms with Crippen molar-refractivity contribution in [2.24, 2.45) is 0 Å². The molecule has 2 aromatic rings. The number of ether oxygens (including phenoxy) is 2. The minimum atomic E-state index is -4.98. The van der Waals surface area contributed by atoms with Gasteiger partial charge in [-0.15, -0.1) is 0 Å². The normalized spacial score (nSPS) is 14.3. The second-order valence-corrected chi connectivity index (χ2v) is 5.52. The van der Waals surface area contributed by atoms with Crippen molar-refractivity contribution in [2.45, 2.75) is 6.18 Å². The van der Waals surface area contributed by atoms with E-state index in [9.17, 15) is 22.8 Å². The molecule has 0 unspecified atom stereocenters. The number of hydrogen-bond donors (Lipinski definition) is 0. The van der Waals surface area contributed by atoms with Crippen molar-refractivity contribution in [3.8, 4) is 11.5 Å². The fourth-order valence-corrected chi connectivity index (χ4v) is 2.91. The molecule has 0 atom stereocenters. The summed E-state index contributed by atoms with van der Waals surface area (Å²) < 4.78 is 51.1. The van der Waals surface area contributed by atoms with Gasteiger partial charge in [-0.05, 0) is 17.7 Å². The van der Waals surface area contributed by atoms with E-state index in [2.05, 4.69) is 0 Å². The lowest BCUT2D eigenvalue weighted by atomic mass is 9.81. The molecule has 2 aromatic carbocycles. The van der Waals surface area contributed by atoms with Crippen molar-refractivity contribution in [1.82, 2.24) is 0 Å². The number of carbonyl (C=O) groups excluding carboxylic acids is 2. The van der Waals surface area contributed by atoms with Gasteiger partial charge in [-0.25, -0.2) is 0 Å². The van der Waals surface area contributed by atoms with Crippen LogP contribution in [-0.4, -0.2) is 32.0 Å². The number of fused-ring (bicyclic) bond motifs is 1. The van der Waals surface area contributed by atoms with Crippen LogP contribution in [0.5, 0.6) is 11.5 Å². The summed E-state index contributed by atoms with van der Waals surface area (Å²) in [5, 5.41) is 0. The highest BCUT2D eigenvalue weighted by Crippen LogP contribution is 2.42. The predicted molar refractivity (Wildman–Crippen MR) is 87.6 cm³/mol. The van der Waals surface area contributed by atoms with Gasteiger partial charge in [-0.2, -0.15) is 13.2 Å². The minimum Gasteiger partial charge on any atom is -0.493 e. The molecule has 0 radical (unpaired) electrons. The molecule has 0 bridgehead atoms. The number of Topliss-reactive ketones (excluding diaryl/α,β-unsaturated/α-hetero) is 2. The zero-order chi connectivity index (χ0) is 19.1. The van der Waals surface area contributed by atoms with Crippen LogP contribution in [0, 0.1) is 0 Å². The van der Waals surface area contributed by atoms with E-state index in [1.54, 1.807) is 0 Å². The molecule has 134 valence electrons. The molecule has 0 aromatic heterocycles. The number of allylic oxidation sites excluding steroid dienone is 2. The summed E-state index contributed by atoms with van der Waals surface area (Å²) in [7, 11) is 2.70. The number of rotatable bonds is 3. The van der Waals surface area contributed by atoms with E-state index in [4.69, 9.17) is 9.47 Å². The molecular weight excluding hydrogens is 349 g/mol. The topological polar surface area (TPSA) is 52.6 Å². The van der Waals surface area contributed by atoms with Crippen LogP contribution in [0.4, 0.5) is 13.2 Å². The molecule has 0 spiro atoms. The van der Waals surface area contributed by atoms with Crippen LogP contribution < -0.4 is 9.47 Å². The first-order chi connectivity index (χ1) is 12.3. The lowest BCUT2D eigenvalue weighted by Crippen LogP contribution is -2.29. The Labute approximate surface area is 146 Å². The van der Waals surface area contributed by atoms with Gasteiger partial charge in [-0.1, -0.05) is 30.3 Å². The van der Waals surface area contributed by atoms with Crippen LogP contribution in [0.1, 0.15) is 26.3 Å². The summed E-state index contributed by atoms with van der Waals surface area (Å²) in [6, 6.07) is 9.39. The average Bonchev–Trinajstić information content (AvgIpc) is 2.62. The summed E-state index contributed by atoms with van der Waals surface area (Å²) in [4.78, 5) is 25.3. The minimum absolute atomic E-state index is 0.0599. The van der Waals surface area contributed by atoms with Gasteiger partial charge < -0.3 is 9.47 Å². The molecule has 7 heteroatoms. The quantitative estimate of drug-likeness (QED) is 0.825. The Bertz CT molecular complexity index is 942. The van der Waals surface area contributed by atoms with E-state index in [-0.39, 0.29) is 22.4 Å². The molecule has 1 aliphatic rings. The van der Waals surface area contributed by atoms with Crippen LogP contribution in [0.3, 0.4) is 0 Å². The van der Waals surface area contributed by atoms with Crippen LogP contribution >= 0.6 is 0 Å². The molecule has 0 N–H and O–H groups in total. The summed E-state index contributed by atoms with van der Waals surface area (Å²) in [6.07, 6.45) is -4.98. The molecule has 0 saturated carbocycles. The molecule has 0 amide bonds. The fourth-order valence-electron chi connectivity index (χ4n) is 2.91. The van der Waals surface area contributed by atoms with Gasteiger partial charge in [0, 0.05) is 16.7 Å². The first kappa shape index (κ1) is 17.7. The largest absolute Gasteiger partial charge is 0.493 e. The van der Waals surface area contributed by atoms with Crippen molar-refractivity contribution >= 4 is 17.1 Å². The Morgan fingerprint density at radius 1 is 0.808 bits per heavy atom. The van der Waals surface area contributed by atoms with Crippen molar-refractivity contribution in [1.29, 1.82) is 0 Å². The van der Waals surface area contributed by atoms with Gasteiger partial charge in [0.2, 0.25) is 0 Å². The van der Waals surface area contributed by atoms with E-state index in [0.29, 0.717) is 5.75 Å². The molecular formula is C19H13F3O4. The van der Waals surface area contributed by atoms with E-state index in [1.807, 2.05) is 0 Å². The summed E-state index contributed by atoms with van der Waals surface area (Å²) in [5.74, 6) is -1.64. The number of benzene rings is 2. The molecule has 0 heterocycles. The van der Waals surface area contributed by atoms with E-state index < -0.39 is 28.9 Å². The van der Waals surface area contributed by atoms with Gasteiger partial charge in [0.1, 0.15) is 5.57 Å². The van der Waals surface area contributed by atoms with Crippen LogP contribution in [0.25, 0.3) is 5.57 Å². The Morgan fingerprint density at radius 2 is 1.38 bits per heavy atom. The molecule has 0 fully saturated rings. The van der Waals surface area contributed by atoms with Crippen molar-refractivity contribution in [2.75, 3.05) is 14.2 Å². The first-order valence-corrected chi connectivity index (χ1v) is 7.52. The second kappa shape index (κ2) is 6.33. The van der Waals surface area contributed by atoms with Gasteiger partial charge in [0.15, 0.2) is 23.1 Å². The number of methoxy groups -OCH3 is 2. The van der Waals surface area contributed by atoms with Gasteiger partial charge >= 0.3 is 6.18 Å². The monoisotopic (exact) mass is 362 g/mol. The average molecular weight is 362 g/mol. The van der Waals surface area contributed by atoms with E-state index in [1.165, 1.54) is 56.7 Å². The number of halogens is 3. The second-order valence-electron chi connectivity index (χ2n) is 5.52. The Morgan fingerprint density at radius 3 is 1.92 bits per heavy atom. The highest BCUT2D eigenvalue weighted by molar-refractivity contribution is 6.41. The molecule has 4 nitrogen and oxygen atoms in total. The standard InChI is InChI=1S/C19H13F3O4/c1-25-13-8-7-10(9-14(13)26-2)15-16(19(20,21)22)18(24)12-6-4-3-5-11(12)17(15)23/h3-9H,1-2H3. The SMILES string of the molecule is COc1ccc(C2=C(C(F)(F)F)C(=O)c3ccccc3C2=O)cc1OC. The fraction of sp³-hybridized carbons (Fsp3) is 0.158. The third-order valence-electron chi connectivity index (χ3n) is 4.08. The molecule has 1 aliphatic carbocycles. The Hall–Kier alpha value is -3.09. The van der Waals surface area contributed by atoms with E-state index >= 15 is 0 Å². The van der Waals surface area contributed by atoms with Crippen molar-refractivity contribution < 1.29 is 32.2 Å². The van der Waals surface area contributed by atoms with Crippen LogP contribution in [0.2, 0.25) is 0 Å². The Balaban J connectivity index is 2.31. The third-order valence-corrected chi connectivity index (χ3v) is 4.08. The maximum absolute atomic E-state index is 13.6. The van der Waals surface area contributed by atoms with Crippen molar-refractivity contribution in [3.05, 3.63) is 64.7 Å². The molecule has 0 aliphatic heterocycles. The first-order valence-electron chi connectivity index (χ1n) is 7.52. The number of alkyl halides is 3. The third kappa shape index (κ3) is 2.75. The highest BCUT2D eigenvalue weighted by atomic mass is 19.4. The smallest absolute Gasteiger partial charge is 0.420 e. The lowest BCUT2D eigenvalue weighted by Gasteiger charge is -2.23. The van der Waals surface area contributed by atoms with Gasteiger partial charge in [-0.3, -0.25) is 9.59 Å². The van der Waals surface area contributed by atoms with Gasteiger partial charge in [0.25, 0.3) is 0 Å². The number of hydrogen-bond acceptors (Lipinski definition) is 4. The van der Waals surface area contributed by atoms with Crippen molar-refractivity contribution in [3.63, 3.8) is 0 Å². The summed E-state index contributed by atoms with van der Waals surface area (Å²) in [6.45, 7) is 0.